The van der Waals surface area contributed by atoms with Gasteiger partial charge in [-0.15, -0.1) is 0 Å². The highest BCUT2D eigenvalue weighted by molar-refractivity contribution is 9.10. The van der Waals surface area contributed by atoms with E-state index in [-0.39, 0.29) is 17.5 Å². The molecule has 0 spiro atoms. The minimum Gasteiger partial charge on any atom is -0.305 e. The first-order valence-corrected chi connectivity index (χ1v) is 13.3. The standard InChI is InChI=1S/C29H34BBr2N/c1-28(2,3)19-13-18(17-33(7)8)27(24(14-19)29(4,5)6)30-25-15-20(31)9-11-22(25)23-12-10-21(32)16-26(23)30/h9-16H,17H2,1-8H3. The van der Waals surface area contributed by atoms with Gasteiger partial charge in [0.25, 0.3) is 0 Å². The van der Waals surface area contributed by atoms with Gasteiger partial charge in [-0.3, -0.25) is 0 Å². The van der Waals surface area contributed by atoms with Crippen LogP contribution in [0.2, 0.25) is 0 Å². The summed E-state index contributed by atoms with van der Waals surface area (Å²) in [6.45, 7) is 15.2. The predicted molar refractivity (Wildman–Crippen MR) is 153 cm³/mol. The van der Waals surface area contributed by atoms with Crippen molar-refractivity contribution >= 4 is 55.0 Å². The van der Waals surface area contributed by atoms with E-state index in [0.29, 0.717) is 0 Å². The van der Waals surface area contributed by atoms with Crippen molar-refractivity contribution in [1.29, 1.82) is 0 Å². The van der Waals surface area contributed by atoms with Crippen molar-refractivity contribution in [1.82, 2.24) is 4.90 Å². The third-order valence-corrected chi connectivity index (χ3v) is 7.64. The molecule has 0 saturated carbocycles. The molecule has 172 valence electrons. The van der Waals surface area contributed by atoms with E-state index in [9.17, 15) is 0 Å². The van der Waals surface area contributed by atoms with Crippen molar-refractivity contribution in [2.45, 2.75) is 58.9 Å². The fourth-order valence-electron chi connectivity index (χ4n) is 5.09. The average molecular weight is 567 g/mol. The summed E-state index contributed by atoms with van der Waals surface area (Å²) in [4.78, 5) is 2.30. The summed E-state index contributed by atoms with van der Waals surface area (Å²) in [5.74, 6) is 0. The first-order valence-electron chi connectivity index (χ1n) is 11.7. The fraction of sp³-hybridized carbons (Fsp3) is 0.379. The van der Waals surface area contributed by atoms with Gasteiger partial charge in [-0.25, -0.2) is 0 Å². The third-order valence-electron chi connectivity index (χ3n) is 6.65. The second-order valence-corrected chi connectivity index (χ2v) is 13.6. The van der Waals surface area contributed by atoms with Gasteiger partial charge in [0.1, 0.15) is 0 Å². The lowest BCUT2D eigenvalue weighted by Crippen LogP contribution is -2.53. The number of hydrogen-bond donors (Lipinski definition) is 0. The highest BCUT2D eigenvalue weighted by Gasteiger charge is 2.38. The molecular formula is C29H34BBr2N. The van der Waals surface area contributed by atoms with Crippen molar-refractivity contribution < 1.29 is 0 Å². The summed E-state index contributed by atoms with van der Waals surface area (Å²) in [5, 5.41) is 0. The summed E-state index contributed by atoms with van der Waals surface area (Å²) < 4.78 is 2.27. The van der Waals surface area contributed by atoms with E-state index in [1.165, 1.54) is 44.2 Å². The molecule has 33 heavy (non-hydrogen) atoms. The Hall–Kier alpha value is -1.36. The zero-order chi connectivity index (χ0) is 24.3. The monoisotopic (exact) mass is 565 g/mol. The van der Waals surface area contributed by atoms with E-state index < -0.39 is 0 Å². The van der Waals surface area contributed by atoms with Crippen LogP contribution in [0.25, 0.3) is 11.1 Å². The number of hydrogen-bond acceptors (Lipinski definition) is 1. The van der Waals surface area contributed by atoms with Crippen LogP contribution in [0.15, 0.2) is 57.5 Å². The second-order valence-electron chi connectivity index (χ2n) is 11.7. The minimum absolute atomic E-state index is 0.0264. The molecule has 1 nitrogen and oxygen atoms in total. The van der Waals surface area contributed by atoms with Gasteiger partial charge in [0.15, 0.2) is 0 Å². The predicted octanol–water partition coefficient (Wildman–Crippen LogP) is 6.36. The molecule has 0 atom stereocenters. The van der Waals surface area contributed by atoms with Gasteiger partial charge in [-0.1, -0.05) is 126 Å². The molecule has 0 N–H and O–H groups in total. The molecule has 3 aromatic carbocycles. The minimum atomic E-state index is 0.0264. The Labute approximate surface area is 217 Å². The molecule has 1 aliphatic heterocycles. The molecule has 3 aromatic rings. The van der Waals surface area contributed by atoms with Gasteiger partial charge >= 0.3 is 0 Å². The Balaban J connectivity index is 2.12. The molecule has 0 unspecified atom stereocenters. The average Bonchev–Trinajstić information content (AvgIpc) is 2.97. The molecule has 0 amide bonds. The van der Waals surface area contributed by atoms with Crippen LogP contribution in [0, 0.1) is 0 Å². The number of nitrogens with zero attached hydrogens (tertiary/aromatic N) is 1. The first kappa shape index (κ1) is 24.8. The molecular weight excluding hydrogens is 533 g/mol. The maximum atomic E-state index is 3.76. The smallest absolute Gasteiger partial charge is 0.243 e. The number of benzene rings is 3. The fourth-order valence-corrected chi connectivity index (χ4v) is 5.85. The van der Waals surface area contributed by atoms with Crippen LogP contribution >= 0.6 is 31.9 Å². The highest BCUT2D eigenvalue weighted by Crippen LogP contribution is 2.33. The molecule has 0 bridgehead atoms. The molecule has 0 aliphatic carbocycles. The van der Waals surface area contributed by atoms with Crippen molar-refractivity contribution in [2.24, 2.45) is 0 Å². The maximum absolute atomic E-state index is 3.76. The Morgan fingerprint density at radius 2 is 1.24 bits per heavy atom. The molecule has 1 heterocycles. The van der Waals surface area contributed by atoms with E-state index in [2.05, 4.69) is 141 Å². The maximum Gasteiger partial charge on any atom is 0.243 e. The van der Waals surface area contributed by atoms with Crippen LogP contribution in [-0.4, -0.2) is 25.7 Å². The Kier molecular flexibility index (Phi) is 6.53. The van der Waals surface area contributed by atoms with Gasteiger partial charge in [0.2, 0.25) is 6.71 Å². The normalized spacial score (nSPS) is 13.5. The summed E-state index contributed by atoms with van der Waals surface area (Å²) in [7, 11) is 4.35. The summed E-state index contributed by atoms with van der Waals surface area (Å²) >= 11 is 7.52. The summed E-state index contributed by atoms with van der Waals surface area (Å²) in [6.07, 6.45) is 0. The van der Waals surface area contributed by atoms with Gasteiger partial charge in [-0.05, 0) is 64.9 Å². The lowest BCUT2D eigenvalue weighted by atomic mass is 9.36. The van der Waals surface area contributed by atoms with Crippen LogP contribution in [-0.2, 0) is 17.4 Å². The number of halogens is 2. The lowest BCUT2D eigenvalue weighted by Gasteiger charge is -2.32. The third kappa shape index (κ3) is 4.76. The molecule has 0 fully saturated rings. The van der Waals surface area contributed by atoms with Gasteiger partial charge in [0, 0.05) is 15.5 Å². The van der Waals surface area contributed by atoms with Crippen LogP contribution in [0.3, 0.4) is 0 Å². The quantitative estimate of drug-likeness (QED) is 0.261. The van der Waals surface area contributed by atoms with E-state index in [1.54, 1.807) is 0 Å². The lowest BCUT2D eigenvalue weighted by molar-refractivity contribution is 0.402. The van der Waals surface area contributed by atoms with Gasteiger partial charge in [0.05, 0.1) is 0 Å². The van der Waals surface area contributed by atoms with Crippen LogP contribution in [0.5, 0.6) is 0 Å². The molecule has 4 heteroatoms. The topological polar surface area (TPSA) is 3.24 Å². The zero-order valence-corrected chi connectivity index (χ0v) is 24.3. The van der Waals surface area contributed by atoms with Crippen molar-refractivity contribution in [3.63, 3.8) is 0 Å². The highest BCUT2D eigenvalue weighted by atomic mass is 79.9. The van der Waals surface area contributed by atoms with E-state index in [1.807, 2.05) is 0 Å². The summed E-state index contributed by atoms with van der Waals surface area (Å²) in [5.41, 5.74) is 11.4. The molecule has 0 aromatic heterocycles. The molecule has 1 aliphatic rings. The molecule has 0 radical (unpaired) electrons. The number of fused-ring (bicyclic) bond motifs is 3. The van der Waals surface area contributed by atoms with Crippen LogP contribution in [0.1, 0.15) is 58.2 Å². The SMILES string of the molecule is CN(C)Cc1cc(C(C)(C)C)cc(C(C)(C)C)c1B1c2cc(Br)ccc2-c2ccc(Br)cc21. The van der Waals surface area contributed by atoms with Gasteiger partial charge in [-0.2, -0.15) is 0 Å². The van der Waals surface area contributed by atoms with E-state index >= 15 is 0 Å². The zero-order valence-electron chi connectivity index (χ0n) is 21.1. The van der Waals surface area contributed by atoms with Crippen LogP contribution < -0.4 is 16.4 Å². The Bertz CT molecular complexity index is 1160. The Morgan fingerprint density at radius 1 is 0.727 bits per heavy atom. The van der Waals surface area contributed by atoms with Gasteiger partial charge < -0.3 is 4.90 Å². The van der Waals surface area contributed by atoms with Crippen molar-refractivity contribution in [3.8, 4) is 11.1 Å². The molecule has 0 saturated heterocycles. The first-order chi connectivity index (χ1) is 15.3. The van der Waals surface area contributed by atoms with E-state index in [4.69, 9.17) is 0 Å². The Morgan fingerprint density at radius 3 is 1.67 bits per heavy atom. The summed E-state index contributed by atoms with van der Waals surface area (Å²) in [6, 6.07) is 18.5. The second kappa shape index (κ2) is 8.70. The van der Waals surface area contributed by atoms with Crippen molar-refractivity contribution in [2.75, 3.05) is 14.1 Å². The number of rotatable bonds is 3. The van der Waals surface area contributed by atoms with E-state index in [0.717, 1.165) is 15.5 Å². The van der Waals surface area contributed by atoms with Crippen molar-refractivity contribution in [3.05, 3.63) is 74.2 Å². The molecule has 4 rings (SSSR count). The largest absolute Gasteiger partial charge is 0.305 e. The van der Waals surface area contributed by atoms with Crippen LogP contribution in [0.4, 0.5) is 0 Å².